The molecule has 0 aliphatic heterocycles. The molecule has 0 aliphatic rings. The number of rotatable bonds is 10. The number of nitrogens with zero attached hydrogens (tertiary/aromatic N) is 5. The molecule has 4 aromatic rings. The molecule has 0 radical (unpaired) electrons. The number of hydrogen-bond acceptors (Lipinski definition) is 11. The minimum atomic E-state index is -3.91. The number of anilines is 3. The number of benzene rings is 2. The SMILES string of the molecule is COc1cc(Cc2cnc(N=C(C)Nc3ccc(NS(=O)(=O)c4ncc(C)cn4)cc3)nc2N)cc(OC)c1OC. The van der Waals surface area contributed by atoms with Crippen LogP contribution in [0.2, 0.25) is 0 Å². The van der Waals surface area contributed by atoms with E-state index in [1.165, 1.54) is 12.4 Å². The molecule has 41 heavy (non-hydrogen) atoms. The third kappa shape index (κ3) is 7.16. The topological polar surface area (TPSA) is 176 Å². The first-order valence-corrected chi connectivity index (χ1v) is 13.7. The number of nitrogens with two attached hydrogens (primary N) is 1. The Morgan fingerprint density at radius 1 is 0.927 bits per heavy atom. The minimum Gasteiger partial charge on any atom is -0.493 e. The van der Waals surface area contributed by atoms with Crippen molar-refractivity contribution < 1.29 is 22.6 Å². The molecular weight excluding hydrogens is 548 g/mol. The van der Waals surface area contributed by atoms with Crippen molar-refractivity contribution in [3.8, 4) is 17.2 Å². The quantitative estimate of drug-likeness (QED) is 0.142. The Labute approximate surface area is 237 Å². The van der Waals surface area contributed by atoms with E-state index in [1.807, 2.05) is 12.1 Å². The molecule has 4 N–H and O–H groups in total. The van der Waals surface area contributed by atoms with Gasteiger partial charge in [-0.25, -0.2) is 15.0 Å². The van der Waals surface area contributed by atoms with Crippen LogP contribution in [-0.4, -0.2) is 55.5 Å². The number of aliphatic imine (C=N–C) groups is 1. The van der Waals surface area contributed by atoms with Gasteiger partial charge in [-0.3, -0.25) is 4.72 Å². The van der Waals surface area contributed by atoms with Gasteiger partial charge < -0.3 is 25.3 Å². The Hall–Kier alpha value is -4.98. The number of hydrogen-bond donors (Lipinski definition) is 3. The van der Waals surface area contributed by atoms with E-state index in [9.17, 15) is 8.42 Å². The van der Waals surface area contributed by atoms with Crippen molar-refractivity contribution in [2.24, 2.45) is 4.99 Å². The van der Waals surface area contributed by atoms with E-state index in [0.29, 0.717) is 46.4 Å². The fourth-order valence-corrected chi connectivity index (χ4v) is 4.71. The van der Waals surface area contributed by atoms with Crippen LogP contribution >= 0.6 is 0 Å². The third-order valence-corrected chi connectivity index (χ3v) is 6.93. The molecule has 0 unspecified atom stereocenters. The van der Waals surface area contributed by atoms with Crippen LogP contribution in [-0.2, 0) is 16.4 Å². The summed E-state index contributed by atoms with van der Waals surface area (Å²) in [6.45, 7) is 3.52. The maximum Gasteiger partial charge on any atom is 0.297 e. The van der Waals surface area contributed by atoms with E-state index in [2.05, 4.69) is 35.0 Å². The number of sulfonamides is 1. The number of amidine groups is 1. The minimum absolute atomic E-state index is 0.184. The lowest BCUT2D eigenvalue weighted by atomic mass is 10.1. The second kappa shape index (κ2) is 12.5. The van der Waals surface area contributed by atoms with Crippen LogP contribution in [0, 0.1) is 6.92 Å². The molecule has 0 bridgehead atoms. The maximum atomic E-state index is 12.5. The molecule has 2 heterocycles. The second-order valence-electron chi connectivity index (χ2n) is 8.84. The van der Waals surface area contributed by atoms with E-state index >= 15 is 0 Å². The highest BCUT2D eigenvalue weighted by molar-refractivity contribution is 7.92. The third-order valence-electron chi connectivity index (χ3n) is 5.73. The first-order chi connectivity index (χ1) is 19.6. The zero-order chi connectivity index (χ0) is 29.6. The van der Waals surface area contributed by atoms with Crippen LogP contribution in [0.5, 0.6) is 17.2 Å². The number of nitrogens with one attached hydrogen (secondary N) is 2. The summed E-state index contributed by atoms with van der Waals surface area (Å²) in [6.07, 6.45) is 4.95. The Morgan fingerprint density at radius 2 is 1.54 bits per heavy atom. The molecule has 14 heteroatoms. The van der Waals surface area contributed by atoms with E-state index in [-0.39, 0.29) is 16.9 Å². The lowest BCUT2D eigenvalue weighted by molar-refractivity contribution is 0.324. The lowest BCUT2D eigenvalue weighted by Gasteiger charge is -2.14. The van der Waals surface area contributed by atoms with Crippen molar-refractivity contribution in [1.29, 1.82) is 0 Å². The Balaban J connectivity index is 1.42. The number of aromatic nitrogens is 4. The van der Waals surface area contributed by atoms with Gasteiger partial charge in [0.25, 0.3) is 21.1 Å². The monoisotopic (exact) mass is 578 g/mol. The summed E-state index contributed by atoms with van der Waals surface area (Å²) in [6, 6.07) is 10.3. The summed E-state index contributed by atoms with van der Waals surface area (Å²) in [5.41, 5.74) is 9.59. The van der Waals surface area contributed by atoms with Gasteiger partial charge in [0.05, 0.1) is 21.3 Å². The van der Waals surface area contributed by atoms with Gasteiger partial charge in [-0.05, 0) is 61.4 Å². The first kappa shape index (κ1) is 29.0. The summed E-state index contributed by atoms with van der Waals surface area (Å²) in [5, 5.41) is 2.81. The molecule has 0 saturated heterocycles. The molecule has 0 saturated carbocycles. The van der Waals surface area contributed by atoms with E-state index < -0.39 is 10.0 Å². The van der Waals surface area contributed by atoms with Gasteiger partial charge in [-0.2, -0.15) is 18.4 Å². The Kier molecular flexibility index (Phi) is 8.82. The van der Waals surface area contributed by atoms with Crippen molar-refractivity contribution in [2.45, 2.75) is 25.4 Å². The van der Waals surface area contributed by atoms with Crippen molar-refractivity contribution in [3.05, 3.63) is 71.7 Å². The molecule has 2 aromatic carbocycles. The molecule has 0 fully saturated rings. The standard InChI is InChI=1S/C27H30N8O5S/c1-16-13-30-27(31-14-16)41(36,37)35-21-8-6-20(7-9-21)32-17(2)33-26-29-15-19(25(28)34-26)10-18-11-22(38-3)24(40-5)23(12-18)39-4/h6-9,11-15,35H,10H2,1-5H3,(H3,28,29,32,33,34). The lowest BCUT2D eigenvalue weighted by Crippen LogP contribution is -2.16. The van der Waals surface area contributed by atoms with Gasteiger partial charge in [-0.15, -0.1) is 0 Å². The molecule has 0 atom stereocenters. The Bertz CT molecular complexity index is 1640. The number of ether oxygens (including phenoxy) is 3. The summed E-state index contributed by atoms with van der Waals surface area (Å²) >= 11 is 0. The maximum absolute atomic E-state index is 12.5. The van der Waals surface area contributed by atoms with Gasteiger partial charge >= 0.3 is 0 Å². The number of nitrogen functional groups attached to an aromatic ring is 1. The van der Waals surface area contributed by atoms with E-state index in [4.69, 9.17) is 19.9 Å². The molecule has 4 rings (SSSR count). The largest absolute Gasteiger partial charge is 0.493 e. The second-order valence-corrected chi connectivity index (χ2v) is 10.4. The summed E-state index contributed by atoms with van der Waals surface area (Å²) in [4.78, 5) is 20.8. The normalized spacial score (nSPS) is 11.6. The zero-order valence-corrected chi connectivity index (χ0v) is 24.0. The van der Waals surface area contributed by atoms with Crippen molar-refractivity contribution >= 4 is 39.0 Å². The molecule has 0 amide bonds. The molecule has 13 nitrogen and oxygen atoms in total. The molecule has 0 spiro atoms. The molecular formula is C27H30N8O5S. The molecule has 214 valence electrons. The number of methoxy groups -OCH3 is 3. The highest BCUT2D eigenvalue weighted by Crippen LogP contribution is 2.39. The van der Waals surface area contributed by atoms with Crippen LogP contribution < -0.4 is 30.0 Å². The predicted molar refractivity (Wildman–Crippen MR) is 156 cm³/mol. The smallest absolute Gasteiger partial charge is 0.297 e. The van der Waals surface area contributed by atoms with Crippen LogP contribution in [0.3, 0.4) is 0 Å². The first-order valence-electron chi connectivity index (χ1n) is 12.3. The average Bonchev–Trinajstić information content (AvgIpc) is 2.95. The molecule has 2 aromatic heterocycles. The van der Waals surface area contributed by atoms with E-state index in [0.717, 1.165) is 11.1 Å². The van der Waals surface area contributed by atoms with Gasteiger partial charge in [0.1, 0.15) is 11.7 Å². The summed E-state index contributed by atoms with van der Waals surface area (Å²) in [5.74, 6) is 2.55. The highest BCUT2D eigenvalue weighted by Gasteiger charge is 2.18. The van der Waals surface area contributed by atoms with Gasteiger partial charge in [0.2, 0.25) is 5.75 Å². The van der Waals surface area contributed by atoms with Crippen LogP contribution in [0.4, 0.5) is 23.1 Å². The van der Waals surface area contributed by atoms with Gasteiger partial charge in [-0.1, -0.05) is 0 Å². The number of aryl methyl sites for hydroxylation is 1. The van der Waals surface area contributed by atoms with E-state index in [1.54, 1.807) is 65.6 Å². The fourth-order valence-electron chi connectivity index (χ4n) is 3.79. The zero-order valence-electron chi connectivity index (χ0n) is 23.2. The summed E-state index contributed by atoms with van der Waals surface area (Å²) < 4.78 is 43.7. The van der Waals surface area contributed by atoms with Crippen molar-refractivity contribution in [1.82, 2.24) is 19.9 Å². The highest BCUT2D eigenvalue weighted by atomic mass is 32.2. The van der Waals surface area contributed by atoms with Crippen molar-refractivity contribution in [2.75, 3.05) is 37.1 Å². The average molecular weight is 579 g/mol. The molecule has 0 aliphatic carbocycles. The van der Waals surface area contributed by atoms with Crippen LogP contribution in [0.15, 0.2) is 65.1 Å². The van der Waals surface area contributed by atoms with Gasteiger partial charge in [0, 0.05) is 41.9 Å². The summed E-state index contributed by atoms with van der Waals surface area (Å²) in [7, 11) is 0.749. The van der Waals surface area contributed by atoms with Gasteiger partial charge in [0.15, 0.2) is 11.5 Å². The van der Waals surface area contributed by atoms with Crippen LogP contribution in [0.25, 0.3) is 0 Å². The van der Waals surface area contributed by atoms with Crippen LogP contribution in [0.1, 0.15) is 23.6 Å². The Morgan fingerprint density at radius 3 is 2.10 bits per heavy atom. The van der Waals surface area contributed by atoms with Crippen molar-refractivity contribution in [3.63, 3.8) is 0 Å². The predicted octanol–water partition coefficient (Wildman–Crippen LogP) is 3.74. The fraction of sp³-hybridized carbons (Fsp3) is 0.222.